The molecule has 0 aromatic heterocycles. The highest BCUT2D eigenvalue weighted by Gasteiger charge is 2.27. The molecule has 3 rings (SSSR count). The van der Waals surface area contributed by atoms with Crippen molar-refractivity contribution >= 4 is 11.9 Å². The first kappa shape index (κ1) is 24.7. The lowest BCUT2D eigenvalue weighted by Crippen LogP contribution is -2.52. The number of rotatable bonds is 11. The molecule has 3 N–H and O–H groups in total. The Morgan fingerprint density at radius 3 is 1.91 bits per heavy atom. The van der Waals surface area contributed by atoms with Crippen molar-refractivity contribution in [2.45, 2.75) is 44.6 Å². The molecule has 0 radical (unpaired) electrons. The van der Waals surface area contributed by atoms with Crippen molar-refractivity contribution in [2.75, 3.05) is 32.7 Å². The van der Waals surface area contributed by atoms with E-state index in [1.54, 1.807) is 5.48 Å². The highest BCUT2D eigenvalue weighted by molar-refractivity contribution is 5.74. The normalized spacial score (nSPS) is 14.3. The molecule has 1 fully saturated rings. The van der Waals surface area contributed by atoms with E-state index in [4.69, 9.17) is 5.21 Å². The van der Waals surface area contributed by atoms with E-state index in [0.29, 0.717) is 13.0 Å². The van der Waals surface area contributed by atoms with E-state index in [1.165, 1.54) is 11.1 Å². The van der Waals surface area contributed by atoms with Gasteiger partial charge in [0.2, 0.25) is 5.91 Å². The van der Waals surface area contributed by atoms with E-state index in [9.17, 15) is 9.59 Å². The summed E-state index contributed by atoms with van der Waals surface area (Å²) in [6.45, 7) is 3.78. The standard InChI is InChI=1S/C26H36N4O3/c31-24(28-33)16-10-2-1-3-11-17-27-26(32)30-20-18-29(19-21-30)25(22-12-6-4-7-13-22)23-14-8-5-9-15-23/h4-9,12-15,25,33H,1-3,10-11,16-21H2,(H,27,32)(H,28,31). The molecule has 7 nitrogen and oxygen atoms in total. The van der Waals surface area contributed by atoms with Crippen molar-refractivity contribution in [3.8, 4) is 0 Å². The van der Waals surface area contributed by atoms with Crippen molar-refractivity contribution in [3.05, 3.63) is 71.8 Å². The van der Waals surface area contributed by atoms with E-state index in [1.807, 2.05) is 17.0 Å². The molecule has 1 heterocycles. The number of hydrogen-bond acceptors (Lipinski definition) is 4. The molecule has 1 aliphatic rings. The van der Waals surface area contributed by atoms with Gasteiger partial charge in [-0.05, 0) is 24.0 Å². The summed E-state index contributed by atoms with van der Waals surface area (Å²) in [4.78, 5) is 27.9. The average molecular weight is 453 g/mol. The van der Waals surface area contributed by atoms with Crippen molar-refractivity contribution in [2.24, 2.45) is 0 Å². The fraction of sp³-hybridized carbons (Fsp3) is 0.462. The molecule has 3 amide bonds. The summed E-state index contributed by atoms with van der Waals surface area (Å²) >= 11 is 0. The maximum Gasteiger partial charge on any atom is 0.317 e. The van der Waals surface area contributed by atoms with Crippen LogP contribution in [0.4, 0.5) is 4.79 Å². The minimum absolute atomic E-state index is 0.0187. The van der Waals surface area contributed by atoms with Crippen LogP contribution in [-0.4, -0.2) is 59.7 Å². The predicted molar refractivity (Wildman–Crippen MR) is 129 cm³/mol. The number of unbranched alkanes of at least 4 members (excludes halogenated alkanes) is 4. The van der Waals surface area contributed by atoms with Crippen LogP contribution in [0.3, 0.4) is 0 Å². The first-order valence-electron chi connectivity index (χ1n) is 12.0. The van der Waals surface area contributed by atoms with Crippen LogP contribution in [0.25, 0.3) is 0 Å². The summed E-state index contributed by atoms with van der Waals surface area (Å²) in [5, 5.41) is 11.5. The Balaban J connectivity index is 1.39. The first-order chi connectivity index (χ1) is 16.2. The van der Waals surface area contributed by atoms with E-state index >= 15 is 0 Å². The summed E-state index contributed by atoms with van der Waals surface area (Å²) < 4.78 is 0. The molecule has 0 saturated carbocycles. The Hall–Kier alpha value is -2.90. The topological polar surface area (TPSA) is 84.9 Å². The minimum atomic E-state index is -0.332. The number of amides is 3. The smallest absolute Gasteiger partial charge is 0.317 e. The third-order valence-electron chi connectivity index (χ3n) is 6.18. The Bertz CT molecular complexity index is 800. The van der Waals surface area contributed by atoms with Crippen molar-refractivity contribution in [1.29, 1.82) is 0 Å². The van der Waals surface area contributed by atoms with Crippen molar-refractivity contribution < 1.29 is 14.8 Å². The molecule has 1 aliphatic heterocycles. The van der Waals surface area contributed by atoms with Gasteiger partial charge in [-0.1, -0.05) is 79.9 Å². The lowest BCUT2D eigenvalue weighted by Gasteiger charge is -2.39. The molecule has 33 heavy (non-hydrogen) atoms. The Kier molecular flexibility index (Phi) is 10.2. The van der Waals surface area contributed by atoms with Crippen LogP contribution in [0.1, 0.15) is 55.7 Å². The zero-order chi connectivity index (χ0) is 23.3. The summed E-state index contributed by atoms with van der Waals surface area (Å²) in [6.07, 6.45) is 5.05. The lowest BCUT2D eigenvalue weighted by molar-refractivity contribution is -0.129. The number of nitrogens with one attached hydrogen (secondary N) is 2. The molecule has 0 atom stereocenters. The van der Waals surface area contributed by atoms with E-state index in [0.717, 1.165) is 58.3 Å². The maximum absolute atomic E-state index is 12.6. The highest BCUT2D eigenvalue weighted by Crippen LogP contribution is 2.29. The van der Waals surface area contributed by atoms with Crippen LogP contribution in [0.2, 0.25) is 0 Å². The molecule has 7 heteroatoms. The van der Waals surface area contributed by atoms with Gasteiger partial charge in [0, 0.05) is 39.1 Å². The number of urea groups is 1. The molecule has 0 unspecified atom stereocenters. The summed E-state index contributed by atoms with van der Waals surface area (Å²) in [7, 11) is 0. The van der Waals surface area contributed by atoms with Crippen LogP contribution in [-0.2, 0) is 4.79 Å². The second-order valence-electron chi connectivity index (χ2n) is 8.53. The molecule has 1 saturated heterocycles. The molecule has 0 aliphatic carbocycles. The molecule has 2 aromatic rings. The van der Waals surface area contributed by atoms with Gasteiger partial charge in [0.15, 0.2) is 0 Å². The number of hydrogen-bond donors (Lipinski definition) is 3. The third kappa shape index (κ3) is 7.87. The Morgan fingerprint density at radius 1 is 0.788 bits per heavy atom. The van der Waals surface area contributed by atoms with Gasteiger partial charge in [0.05, 0.1) is 6.04 Å². The number of benzene rings is 2. The van der Waals surface area contributed by atoms with E-state index in [2.05, 4.69) is 58.7 Å². The summed E-state index contributed by atoms with van der Waals surface area (Å²) in [6, 6.07) is 21.4. The molecule has 0 bridgehead atoms. The quantitative estimate of drug-likeness (QED) is 0.274. The summed E-state index contributed by atoms with van der Waals surface area (Å²) in [5.74, 6) is -0.332. The second-order valence-corrected chi connectivity index (χ2v) is 8.53. The lowest BCUT2D eigenvalue weighted by atomic mass is 9.96. The van der Waals surface area contributed by atoms with Gasteiger partial charge in [-0.3, -0.25) is 14.9 Å². The van der Waals surface area contributed by atoms with Gasteiger partial charge in [-0.25, -0.2) is 10.3 Å². The predicted octanol–water partition coefficient (Wildman–Crippen LogP) is 3.95. The first-order valence-corrected chi connectivity index (χ1v) is 12.0. The SMILES string of the molecule is O=C(CCCCCCCNC(=O)N1CCN(C(c2ccccc2)c2ccccc2)CC1)NO. The summed E-state index contributed by atoms with van der Waals surface area (Å²) in [5.41, 5.74) is 4.20. The molecular weight excluding hydrogens is 416 g/mol. The number of hydroxylamine groups is 1. The molecule has 2 aromatic carbocycles. The van der Waals surface area contributed by atoms with Crippen molar-refractivity contribution in [1.82, 2.24) is 20.6 Å². The van der Waals surface area contributed by atoms with E-state index < -0.39 is 0 Å². The number of carbonyl (C=O) groups is 2. The Morgan fingerprint density at radius 2 is 1.33 bits per heavy atom. The molecule has 178 valence electrons. The van der Waals surface area contributed by atoms with Gasteiger partial charge >= 0.3 is 6.03 Å². The van der Waals surface area contributed by atoms with E-state index in [-0.39, 0.29) is 18.0 Å². The molecule has 0 spiro atoms. The molecular formula is C26H36N4O3. The van der Waals surface area contributed by atoms with Crippen molar-refractivity contribution in [3.63, 3.8) is 0 Å². The fourth-order valence-corrected chi connectivity index (χ4v) is 4.37. The highest BCUT2D eigenvalue weighted by atomic mass is 16.5. The third-order valence-corrected chi connectivity index (χ3v) is 6.18. The average Bonchev–Trinajstić information content (AvgIpc) is 2.87. The van der Waals surface area contributed by atoms with Gasteiger partial charge in [-0.15, -0.1) is 0 Å². The van der Waals surface area contributed by atoms with Crippen LogP contribution in [0.15, 0.2) is 60.7 Å². The zero-order valence-electron chi connectivity index (χ0n) is 19.3. The van der Waals surface area contributed by atoms with Gasteiger partial charge in [0.1, 0.15) is 0 Å². The number of carbonyl (C=O) groups excluding carboxylic acids is 2. The monoisotopic (exact) mass is 452 g/mol. The fourth-order valence-electron chi connectivity index (χ4n) is 4.37. The zero-order valence-corrected chi connectivity index (χ0v) is 19.3. The Labute approximate surface area is 196 Å². The minimum Gasteiger partial charge on any atom is -0.338 e. The second kappa shape index (κ2) is 13.6. The number of nitrogens with zero attached hydrogens (tertiary/aromatic N) is 2. The number of piperazine rings is 1. The van der Waals surface area contributed by atoms with Gasteiger partial charge in [-0.2, -0.15) is 0 Å². The van der Waals surface area contributed by atoms with Crippen LogP contribution in [0.5, 0.6) is 0 Å². The van der Waals surface area contributed by atoms with Gasteiger partial charge in [0.25, 0.3) is 0 Å². The van der Waals surface area contributed by atoms with Crippen LogP contribution < -0.4 is 10.8 Å². The van der Waals surface area contributed by atoms with Crippen LogP contribution in [0, 0.1) is 0 Å². The van der Waals surface area contributed by atoms with Gasteiger partial charge < -0.3 is 10.2 Å². The largest absolute Gasteiger partial charge is 0.338 e. The van der Waals surface area contributed by atoms with Crippen LogP contribution >= 0.6 is 0 Å². The maximum atomic E-state index is 12.6.